The van der Waals surface area contributed by atoms with Gasteiger partial charge in [0.1, 0.15) is 5.82 Å². The predicted molar refractivity (Wildman–Crippen MR) is 78.0 cm³/mol. The summed E-state index contributed by atoms with van der Waals surface area (Å²) in [5.74, 6) is -0.809. The van der Waals surface area contributed by atoms with E-state index in [1.807, 2.05) is 6.92 Å². The number of benzene rings is 1. The highest BCUT2D eigenvalue weighted by Gasteiger charge is 2.09. The maximum absolute atomic E-state index is 12.8. The van der Waals surface area contributed by atoms with Gasteiger partial charge in [-0.3, -0.25) is 10.1 Å². The van der Waals surface area contributed by atoms with Gasteiger partial charge in [0.25, 0.3) is 0 Å². The van der Waals surface area contributed by atoms with E-state index in [-0.39, 0.29) is 11.4 Å². The summed E-state index contributed by atoms with van der Waals surface area (Å²) < 4.78 is 12.8. The number of thioether (sulfide) groups is 1. The van der Waals surface area contributed by atoms with E-state index in [4.69, 9.17) is 5.73 Å². The molecule has 0 radical (unpaired) electrons. The molecule has 0 heterocycles. The first-order chi connectivity index (χ1) is 9.52. The summed E-state index contributed by atoms with van der Waals surface area (Å²) in [5.41, 5.74) is 5.89. The van der Waals surface area contributed by atoms with Crippen molar-refractivity contribution in [2.24, 2.45) is 0 Å². The van der Waals surface area contributed by atoms with Gasteiger partial charge < -0.3 is 11.1 Å². The van der Waals surface area contributed by atoms with Crippen LogP contribution in [0.2, 0.25) is 0 Å². The number of hydrogen-bond acceptors (Lipinski definition) is 4. The topological polar surface area (TPSA) is 84.2 Å². The van der Waals surface area contributed by atoms with Crippen LogP contribution in [0.4, 0.5) is 14.9 Å². The fourth-order valence-corrected chi connectivity index (χ4v) is 2.13. The van der Waals surface area contributed by atoms with E-state index in [1.165, 1.54) is 18.2 Å². The van der Waals surface area contributed by atoms with Gasteiger partial charge in [0.2, 0.25) is 5.91 Å². The molecule has 5 nitrogen and oxygen atoms in total. The molecule has 1 aromatic carbocycles. The monoisotopic (exact) mass is 299 g/mol. The molecule has 20 heavy (non-hydrogen) atoms. The van der Waals surface area contributed by atoms with Crippen molar-refractivity contribution in [3.8, 4) is 0 Å². The van der Waals surface area contributed by atoms with Gasteiger partial charge in [0, 0.05) is 17.1 Å². The molecule has 110 valence electrons. The Kier molecular flexibility index (Phi) is 6.86. The number of imide groups is 1. The largest absolute Gasteiger partial charge is 0.398 e. The molecule has 4 N–H and O–H groups in total. The maximum Gasteiger partial charge on any atom is 0.321 e. The van der Waals surface area contributed by atoms with E-state index in [9.17, 15) is 14.0 Å². The molecular formula is C13H18FN3O2S. The number of amides is 3. The van der Waals surface area contributed by atoms with Gasteiger partial charge in [-0.25, -0.2) is 9.18 Å². The third-order valence-electron chi connectivity index (χ3n) is 2.40. The summed E-state index contributed by atoms with van der Waals surface area (Å²) in [4.78, 5) is 23.5. The van der Waals surface area contributed by atoms with E-state index in [0.717, 1.165) is 24.6 Å². The number of nitrogen functional groups attached to an aromatic ring is 1. The summed E-state index contributed by atoms with van der Waals surface area (Å²) in [7, 11) is 0. The Morgan fingerprint density at radius 1 is 1.40 bits per heavy atom. The van der Waals surface area contributed by atoms with Crippen molar-refractivity contribution in [3.05, 3.63) is 24.0 Å². The Morgan fingerprint density at radius 2 is 2.15 bits per heavy atom. The van der Waals surface area contributed by atoms with E-state index in [2.05, 4.69) is 10.6 Å². The lowest BCUT2D eigenvalue weighted by Gasteiger charge is -2.07. The first-order valence-corrected chi connectivity index (χ1v) is 7.27. The molecule has 0 aromatic heterocycles. The number of nitrogens with two attached hydrogens (primary N) is 1. The number of rotatable bonds is 6. The minimum atomic E-state index is -0.504. The van der Waals surface area contributed by atoms with E-state index < -0.39 is 17.8 Å². The van der Waals surface area contributed by atoms with Gasteiger partial charge in [-0.2, -0.15) is 0 Å². The van der Waals surface area contributed by atoms with Gasteiger partial charge in [-0.15, -0.1) is 11.8 Å². The second-order valence-electron chi connectivity index (χ2n) is 4.13. The van der Waals surface area contributed by atoms with Crippen LogP contribution in [-0.4, -0.2) is 24.2 Å². The van der Waals surface area contributed by atoms with Gasteiger partial charge in [-0.1, -0.05) is 13.3 Å². The molecule has 7 heteroatoms. The molecule has 3 amide bonds. The minimum Gasteiger partial charge on any atom is -0.398 e. The van der Waals surface area contributed by atoms with Gasteiger partial charge in [0.05, 0.1) is 5.75 Å². The number of hydrogen-bond donors (Lipinski definition) is 3. The molecule has 1 aromatic rings. The summed E-state index contributed by atoms with van der Waals surface area (Å²) >= 11 is 1.15. The van der Waals surface area contributed by atoms with Crippen LogP contribution in [0.25, 0.3) is 0 Å². The predicted octanol–water partition coefficient (Wildman–Crippen LogP) is 2.13. The van der Waals surface area contributed by atoms with Crippen LogP contribution in [-0.2, 0) is 4.79 Å². The molecule has 1 rings (SSSR count). The van der Waals surface area contributed by atoms with Crippen molar-refractivity contribution in [2.75, 3.05) is 18.0 Å². The molecule has 0 aliphatic carbocycles. The molecule has 0 saturated carbocycles. The molecule has 0 bridgehead atoms. The van der Waals surface area contributed by atoms with Crippen molar-refractivity contribution < 1.29 is 14.0 Å². The number of anilines is 1. The summed E-state index contributed by atoms with van der Waals surface area (Å²) in [5, 5.41) is 4.79. The van der Waals surface area contributed by atoms with E-state index >= 15 is 0 Å². The van der Waals surface area contributed by atoms with Gasteiger partial charge >= 0.3 is 6.03 Å². The smallest absolute Gasteiger partial charge is 0.321 e. The number of unbranched alkanes of at least 4 members (excludes halogenated alkanes) is 1. The van der Waals surface area contributed by atoms with Crippen LogP contribution in [0.1, 0.15) is 19.8 Å². The second kappa shape index (κ2) is 8.42. The SMILES string of the molecule is CCCCNC(=O)NC(=O)CSc1ccc(F)cc1N. The Labute approximate surface area is 121 Å². The van der Waals surface area contributed by atoms with Crippen molar-refractivity contribution in [1.29, 1.82) is 0 Å². The van der Waals surface area contributed by atoms with Crippen molar-refractivity contribution in [2.45, 2.75) is 24.7 Å². The molecule has 0 aliphatic heterocycles. The first kappa shape index (κ1) is 16.3. The molecule has 0 spiro atoms. The van der Waals surface area contributed by atoms with Crippen LogP contribution in [0, 0.1) is 5.82 Å². The Bertz CT molecular complexity index is 483. The number of carbonyl (C=O) groups excluding carboxylic acids is 2. The van der Waals surface area contributed by atoms with Crippen molar-refractivity contribution >= 4 is 29.4 Å². The number of nitrogens with one attached hydrogen (secondary N) is 2. The maximum atomic E-state index is 12.8. The number of carbonyl (C=O) groups is 2. The van der Waals surface area contributed by atoms with Crippen LogP contribution >= 0.6 is 11.8 Å². The normalized spacial score (nSPS) is 10.1. The van der Waals surface area contributed by atoms with Crippen LogP contribution in [0.15, 0.2) is 23.1 Å². The third-order valence-corrected chi connectivity index (χ3v) is 3.49. The standard InChI is InChI=1S/C13H18FN3O2S/c1-2-3-6-16-13(19)17-12(18)8-20-11-5-4-9(14)7-10(11)15/h4-5,7H,2-3,6,8,15H2,1H3,(H2,16,17,18,19). The van der Waals surface area contributed by atoms with Gasteiger partial charge in [0.15, 0.2) is 0 Å². The average molecular weight is 299 g/mol. The summed E-state index contributed by atoms with van der Waals surface area (Å²) in [6, 6.07) is 3.46. The van der Waals surface area contributed by atoms with Crippen molar-refractivity contribution in [3.63, 3.8) is 0 Å². The highest BCUT2D eigenvalue weighted by molar-refractivity contribution is 8.00. The Hall–Kier alpha value is -1.76. The first-order valence-electron chi connectivity index (χ1n) is 6.28. The highest BCUT2D eigenvalue weighted by Crippen LogP contribution is 2.25. The zero-order valence-electron chi connectivity index (χ0n) is 11.2. The molecule has 0 fully saturated rings. The molecule has 0 saturated heterocycles. The van der Waals surface area contributed by atoms with Gasteiger partial charge in [-0.05, 0) is 24.6 Å². The quantitative estimate of drug-likeness (QED) is 0.427. The minimum absolute atomic E-state index is 0.0387. The lowest BCUT2D eigenvalue weighted by atomic mass is 10.3. The Balaban J connectivity index is 2.34. The molecule has 0 atom stereocenters. The molecular weight excluding hydrogens is 281 g/mol. The zero-order valence-corrected chi connectivity index (χ0v) is 12.1. The second-order valence-corrected chi connectivity index (χ2v) is 5.15. The van der Waals surface area contributed by atoms with Crippen LogP contribution in [0.3, 0.4) is 0 Å². The highest BCUT2D eigenvalue weighted by atomic mass is 32.2. The average Bonchev–Trinajstić information content (AvgIpc) is 2.38. The van der Waals surface area contributed by atoms with E-state index in [0.29, 0.717) is 11.4 Å². The third kappa shape index (κ3) is 5.92. The fraction of sp³-hybridized carbons (Fsp3) is 0.385. The van der Waals surface area contributed by atoms with Crippen LogP contribution < -0.4 is 16.4 Å². The van der Waals surface area contributed by atoms with Crippen molar-refractivity contribution in [1.82, 2.24) is 10.6 Å². The Morgan fingerprint density at radius 3 is 2.80 bits per heavy atom. The molecule has 0 unspecified atom stereocenters. The fourth-order valence-electron chi connectivity index (χ4n) is 1.38. The zero-order chi connectivity index (χ0) is 15.0. The van der Waals surface area contributed by atoms with E-state index in [1.54, 1.807) is 0 Å². The summed E-state index contributed by atoms with van der Waals surface area (Å²) in [6.45, 7) is 2.54. The van der Waals surface area contributed by atoms with Crippen LogP contribution in [0.5, 0.6) is 0 Å². The number of halogens is 1. The number of urea groups is 1. The lowest BCUT2D eigenvalue weighted by Crippen LogP contribution is -2.40. The lowest BCUT2D eigenvalue weighted by molar-refractivity contribution is -0.117. The summed E-state index contributed by atoms with van der Waals surface area (Å²) in [6.07, 6.45) is 1.83. The molecule has 0 aliphatic rings.